The first-order valence-electron chi connectivity index (χ1n) is 9.99. The summed E-state index contributed by atoms with van der Waals surface area (Å²) in [6.45, 7) is 0.436. The molecule has 0 bridgehead atoms. The first kappa shape index (κ1) is 21.4. The van der Waals surface area contributed by atoms with Crippen LogP contribution in [0.2, 0.25) is 0 Å². The number of hydrazone groups is 1. The Bertz CT molecular complexity index is 1190. The standard InChI is InChI=1S/C25H23N3O3S/c1-29-21-12-6-10-19(14-21)22-17-32-25(27-22)28-26-15-20-11-7-13-23(30-2)24(20)31-16-18-8-4-3-5-9-18/h3-15,17H,16H2,1-2H3,(H,27,28)/b26-15-. The van der Waals surface area contributed by atoms with Crippen molar-refractivity contribution in [3.05, 3.63) is 89.3 Å². The number of methoxy groups -OCH3 is 2. The number of para-hydroxylation sites is 1. The zero-order chi connectivity index (χ0) is 22.2. The molecule has 7 heteroatoms. The first-order valence-corrected chi connectivity index (χ1v) is 10.9. The monoisotopic (exact) mass is 445 g/mol. The fraction of sp³-hybridized carbons (Fsp3) is 0.120. The van der Waals surface area contributed by atoms with Crippen LogP contribution in [0.5, 0.6) is 17.2 Å². The Balaban J connectivity index is 1.47. The molecule has 1 heterocycles. The van der Waals surface area contributed by atoms with Crippen molar-refractivity contribution in [2.75, 3.05) is 19.6 Å². The number of hydrogen-bond acceptors (Lipinski definition) is 7. The molecular formula is C25H23N3O3S. The minimum absolute atomic E-state index is 0.436. The minimum atomic E-state index is 0.436. The topological polar surface area (TPSA) is 65.0 Å². The van der Waals surface area contributed by atoms with Crippen molar-refractivity contribution in [1.29, 1.82) is 0 Å². The lowest BCUT2D eigenvalue weighted by atomic mass is 10.2. The summed E-state index contributed by atoms with van der Waals surface area (Å²) >= 11 is 1.48. The number of anilines is 1. The van der Waals surface area contributed by atoms with Gasteiger partial charge in [0, 0.05) is 16.5 Å². The molecule has 0 radical (unpaired) electrons. The molecule has 32 heavy (non-hydrogen) atoms. The van der Waals surface area contributed by atoms with Gasteiger partial charge in [0.05, 0.1) is 26.1 Å². The Kier molecular flexibility index (Phi) is 6.99. The zero-order valence-corrected chi connectivity index (χ0v) is 18.6. The van der Waals surface area contributed by atoms with Gasteiger partial charge in [-0.3, -0.25) is 5.43 Å². The normalized spacial score (nSPS) is 10.8. The Hall–Kier alpha value is -3.84. The van der Waals surface area contributed by atoms with Gasteiger partial charge in [-0.1, -0.05) is 48.5 Å². The van der Waals surface area contributed by atoms with Crippen LogP contribution in [0.25, 0.3) is 11.3 Å². The van der Waals surface area contributed by atoms with Crippen LogP contribution in [-0.4, -0.2) is 25.4 Å². The number of aromatic nitrogens is 1. The van der Waals surface area contributed by atoms with Crippen LogP contribution in [0.4, 0.5) is 5.13 Å². The molecule has 0 aliphatic carbocycles. The quantitative estimate of drug-likeness (QED) is 0.258. The third-order valence-corrected chi connectivity index (χ3v) is 5.44. The predicted molar refractivity (Wildman–Crippen MR) is 129 cm³/mol. The summed E-state index contributed by atoms with van der Waals surface area (Å²) in [6, 6.07) is 23.5. The smallest absolute Gasteiger partial charge is 0.203 e. The van der Waals surface area contributed by atoms with E-state index in [2.05, 4.69) is 15.5 Å². The van der Waals surface area contributed by atoms with Gasteiger partial charge in [0.1, 0.15) is 12.4 Å². The zero-order valence-electron chi connectivity index (χ0n) is 17.8. The van der Waals surface area contributed by atoms with E-state index in [4.69, 9.17) is 14.2 Å². The fourth-order valence-electron chi connectivity index (χ4n) is 3.08. The van der Waals surface area contributed by atoms with Gasteiger partial charge < -0.3 is 14.2 Å². The van der Waals surface area contributed by atoms with Gasteiger partial charge in [-0.15, -0.1) is 11.3 Å². The van der Waals surface area contributed by atoms with Crippen molar-refractivity contribution in [2.45, 2.75) is 6.61 Å². The summed E-state index contributed by atoms with van der Waals surface area (Å²) in [4.78, 5) is 4.60. The van der Waals surface area contributed by atoms with E-state index in [-0.39, 0.29) is 0 Å². The van der Waals surface area contributed by atoms with Gasteiger partial charge >= 0.3 is 0 Å². The van der Waals surface area contributed by atoms with E-state index in [1.165, 1.54) is 11.3 Å². The maximum Gasteiger partial charge on any atom is 0.203 e. The van der Waals surface area contributed by atoms with Crippen molar-refractivity contribution in [3.8, 4) is 28.5 Å². The molecule has 162 valence electrons. The molecule has 0 saturated heterocycles. The second kappa shape index (κ2) is 10.5. The van der Waals surface area contributed by atoms with Crippen LogP contribution in [0, 0.1) is 0 Å². The highest BCUT2D eigenvalue weighted by Crippen LogP contribution is 2.31. The van der Waals surface area contributed by atoms with Gasteiger partial charge in [0.15, 0.2) is 11.5 Å². The van der Waals surface area contributed by atoms with E-state index >= 15 is 0 Å². The molecule has 0 atom stereocenters. The third-order valence-electron chi connectivity index (χ3n) is 4.69. The average molecular weight is 446 g/mol. The molecule has 4 rings (SSSR count). The summed E-state index contributed by atoms with van der Waals surface area (Å²) in [5.74, 6) is 2.09. The summed E-state index contributed by atoms with van der Waals surface area (Å²) in [6.07, 6.45) is 1.70. The third kappa shape index (κ3) is 5.25. The Morgan fingerprint density at radius 1 is 0.969 bits per heavy atom. The van der Waals surface area contributed by atoms with Crippen molar-refractivity contribution >= 4 is 22.7 Å². The van der Waals surface area contributed by atoms with Crippen LogP contribution in [0.15, 0.2) is 83.3 Å². The van der Waals surface area contributed by atoms with Crippen LogP contribution < -0.4 is 19.6 Å². The van der Waals surface area contributed by atoms with Crippen molar-refractivity contribution in [2.24, 2.45) is 5.10 Å². The molecule has 0 fully saturated rings. The molecule has 0 spiro atoms. The van der Waals surface area contributed by atoms with Gasteiger partial charge in [-0.05, 0) is 29.8 Å². The van der Waals surface area contributed by atoms with E-state index in [1.54, 1.807) is 20.4 Å². The highest BCUT2D eigenvalue weighted by molar-refractivity contribution is 7.14. The number of nitrogens with zero attached hydrogens (tertiary/aromatic N) is 2. The molecule has 6 nitrogen and oxygen atoms in total. The molecule has 4 aromatic rings. The van der Waals surface area contributed by atoms with Gasteiger partial charge in [0.2, 0.25) is 5.13 Å². The molecule has 0 saturated carbocycles. The van der Waals surface area contributed by atoms with E-state index in [0.29, 0.717) is 23.2 Å². The van der Waals surface area contributed by atoms with Crippen LogP contribution >= 0.6 is 11.3 Å². The van der Waals surface area contributed by atoms with Crippen molar-refractivity contribution in [3.63, 3.8) is 0 Å². The van der Waals surface area contributed by atoms with Gasteiger partial charge in [-0.25, -0.2) is 4.98 Å². The van der Waals surface area contributed by atoms with Gasteiger partial charge in [-0.2, -0.15) is 5.10 Å². The predicted octanol–water partition coefficient (Wildman–Crippen LogP) is 5.85. The Morgan fingerprint density at radius 3 is 2.62 bits per heavy atom. The Labute approximate surface area is 191 Å². The molecule has 1 aromatic heterocycles. The molecular weight excluding hydrogens is 422 g/mol. The average Bonchev–Trinajstić information content (AvgIpc) is 3.32. The summed E-state index contributed by atoms with van der Waals surface area (Å²) in [7, 11) is 3.28. The second-order valence-electron chi connectivity index (χ2n) is 6.79. The second-order valence-corrected chi connectivity index (χ2v) is 7.65. The largest absolute Gasteiger partial charge is 0.497 e. The summed E-state index contributed by atoms with van der Waals surface area (Å²) in [5, 5.41) is 7.02. The SMILES string of the molecule is COc1cccc(-c2csc(N/N=C\c3cccc(OC)c3OCc3ccccc3)n2)c1. The Morgan fingerprint density at radius 2 is 1.81 bits per heavy atom. The molecule has 0 aliphatic rings. The molecule has 0 aliphatic heterocycles. The van der Waals surface area contributed by atoms with E-state index in [9.17, 15) is 0 Å². The highest BCUT2D eigenvalue weighted by Gasteiger charge is 2.10. The molecule has 1 N–H and O–H groups in total. The summed E-state index contributed by atoms with van der Waals surface area (Å²) < 4.78 is 16.8. The molecule has 3 aromatic carbocycles. The number of rotatable bonds is 9. The highest BCUT2D eigenvalue weighted by atomic mass is 32.1. The number of benzene rings is 3. The van der Waals surface area contributed by atoms with E-state index in [0.717, 1.165) is 28.1 Å². The first-order chi connectivity index (χ1) is 15.8. The van der Waals surface area contributed by atoms with E-state index < -0.39 is 0 Å². The van der Waals surface area contributed by atoms with Crippen LogP contribution in [-0.2, 0) is 6.61 Å². The maximum atomic E-state index is 6.06. The van der Waals surface area contributed by atoms with E-state index in [1.807, 2.05) is 78.2 Å². The van der Waals surface area contributed by atoms with Crippen molar-refractivity contribution < 1.29 is 14.2 Å². The molecule has 0 unspecified atom stereocenters. The summed E-state index contributed by atoms with van der Waals surface area (Å²) in [5.41, 5.74) is 6.73. The lowest BCUT2D eigenvalue weighted by molar-refractivity contribution is 0.284. The number of ether oxygens (including phenoxy) is 3. The number of nitrogens with one attached hydrogen (secondary N) is 1. The van der Waals surface area contributed by atoms with Crippen LogP contribution in [0.3, 0.4) is 0 Å². The minimum Gasteiger partial charge on any atom is -0.497 e. The lowest BCUT2D eigenvalue weighted by Gasteiger charge is -2.13. The fourth-order valence-corrected chi connectivity index (χ4v) is 3.75. The molecule has 0 amide bonds. The maximum absolute atomic E-state index is 6.06. The number of hydrogen-bond donors (Lipinski definition) is 1. The van der Waals surface area contributed by atoms with Crippen molar-refractivity contribution in [1.82, 2.24) is 4.98 Å². The number of thiazole rings is 1. The van der Waals surface area contributed by atoms with Gasteiger partial charge in [0.25, 0.3) is 0 Å². The lowest BCUT2D eigenvalue weighted by Crippen LogP contribution is -2.01. The van der Waals surface area contributed by atoms with Crippen LogP contribution in [0.1, 0.15) is 11.1 Å².